The minimum atomic E-state index is -0.0624. The van der Waals surface area contributed by atoms with Crippen LogP contribution in [0.1, 0.15) is 12.0 Å². The lowest BCUT2D eigenvalue weighted by atomic mass is 10.1. The first-order valence-corrected chi connectivity index (χ1v) is 5.32. The van der Waals surface area contributed by atoms with E-state index in [1.807, 2.05) is 0 Å². The Labute approximate surface area is 93.8 Å². The Morgan fingerprint density at radius 3 is 3.25 bits per heavy atom. The van der Waals surface area contributed by atoms with Gasteiger partial charge in [0.1, 0.15) is 0 Å². The molecule has 0 aromatic carbocycles. The van der Waals surface area contributed by atoms with Crippen molar-refractivity contribution in [3.8, 4) is 0 Å². The Morgan fingerprint density at radius 1 is 1.81 bits per heavy atom. The highest BCUT2D eigenvalue weighted by Crippen LogP contribution is 2.17. The van der Waals surface area contributed by atoms with Crippen LogP contribution in [-0.4, -0.2) is 28.9 Å². The molecule has 6 nitrogen and oxygen atoms in total. The minimum Gasteiger partial charge on any atom is -0.381 e. The van der Waals surface area contributed by atoms with Crippen molar-refractivity contribution < 1.29 is 9.53 Å². The number of carbonyl (C=O) groups excluding carboxylic acids is 1. The number of hydrogen-bond acceptors (Lipinski definition) is 4. The zero-order valence-electron chi connectivity index (χ0n) is 9.27. The molecule has 1 amide bonds. The molecule has 88 valence electrons. The number of nitrogens with zero attached hydrogens (tertiary/aromatic N) is 2. The van der Waals surface area contributed by atoms with Crippen LogP contribution < -0.4 is 11.1 Å². The van der Waals surface area contributed by atoms with Crippen molar-refractivity contribution in [2.24, 2.45) is 18.7 Å². The topological polar surface area (TPSA) is 82.2 Å². The summed E-state index contributed by atoms with van der Waals surface area (Å²) in [6, 6.07) is 0. The van der Waals surface area contributed by atoms with E-state index in [9.17, 15) is 4.79 Å². The van der Waals surface area contributed by atoms with Gasteiger partial charge in [-0.1, -0.05) is 0 Å². The van der Waals surface area contributed by atoms with Crippen LogP contribution in [0, 0.1) is 5.92 Å². The van der Waals surface area contributed by atoms with Crippen LogP contribution in [0.3, 0.4) is 0 Å². The number of anilines is 1. The van der Waals surface area contributed by atoms with Gasteiger partial charge in [0.15, 0.2) is 5.82 Å². The number of aromatic nitrogens is 2. The zero-order valence-corrected chi connectivity index (χ0v) is 9.27. The smallest absolute Gasteiger partial charge is 0.231 e. The Bertz CT molecular complexity index is 382. The van der Waals surface area contributed by atoms with Crippen LogP contribution in [0.4, 0.5) is 5.82 Å². The highest BCUT2D eigenvalue weighted by molar-refractivity contribution is 5.92. The number of aryl methyl sites for hydroxylation is 1. The summed E-state index contributed by atoms with van der Waals surface area (Å²) >= 11 is 0. The monoisotopic (exact) mass is 224 g/mol. The molecule has 0 bridgehead atoms. The molecule has 1 fully saturated rings. The van der Waals surface area contributed by atoms with E-state index in [2.05, 4.69) is 10.4 Å². The predicted octanol–water partition coefficient (Wildman–Crippen LogP) is -0.146. The molecule has 1 aliphatic rings. The lowest BCUT2D eigenvalue weighted by Gasteiger charge is -2.07. The molecule has 0 spiro atoms. The van der Waals surface area contributed by atoms with E-state index in [4.69, 9.17) is 10.5 Å². The maximum absolute atomic E-state index is 11.8. The molecule has 6 heteroatoms. The maximum Gasteiger partial charge on any atom is 0.231 e. The third-order valence-corrected chi connectivity index (χ3v) is 2.67. The SMILES string of the molecule is Cn1cc(CN)c(NC(=O)C2CCOC2)n1. The number of hydrogen-bond donors (Lipinski definition) is 2. The van der Waals surface area contributed by atoms with E-state index >= 15 is 0 Å². The van der Waals surface area contributed by atoms with Crippen molar-refractivity contribution >= 4 is 11.7 Å². The summed E-state index contributed by atoms with van der Waals surface area (Å²) < 4.78 is 6.81. The second kappa shape index (κ2) is 4.63. The summed E-state index contributed by atoms with van der Waals surface area (Å²) in [6.07, 6.45) is 2.58. The summed E-state index contributed by atoms with van der Waals surface area (Å²) in [7, 11) is 1.80. The standard InChI is InChI=1S/C10H16N4O2/c1-14-5-8(4-11)9(13-14)12-10(15)7-2-3-16-6-7/h5,7H,2-4,6,11H2,1H3,(H,12,13,15). The van der Waals surface area contributed by atoms with Gasteiger partial charge in [0.05, 0.1) is 12.5 Å². The molecule has 2 rings (SSSR count). The quantitative estimate of drug-likeness (QED) is 0.748. The van der Waals surface area contributed by atoms with Gasteiger partial charge in [0.2, 0.25) is 5.91 Å². The van der Waals surface area contributed by atoms with Gasteiger partial charge in [-0.3, -0.25) is 9.48 Å². The molecule has 1 atom stereocenters. The fourth-order valence-electron chi connectivity index (χ4n) is 1.75. The van der Waals surface area contributed by atoms with Crippen LogP contribution in [0.5, 0.6) is 0 Å². The molecule has 0 radical (unpaired) electrons. The van der Waals surface area contributed by atoms with Crippen LogP contribution >= 0.6 is 0 Å². The molecule has 0 saturated carbocycles. The number of ether oxygens (including phenoxy) is 1. The van der Waals surface area contributed by atoms with Crippen LogP contribution in [0.2, 0.25) is 0 Å². The average molecular weight is 224 g/mol. The molecule has 0 aliphatic carbocycles. The van der Waals surface area contributed by atoms with Gasteiger partial charge in [0, 0.05) is 32.0 Å². The number of rotatable bonds is 3. The van der Waals surface area contributed by atoms with Gasteiger partial charge in [-0.2, -0.15) is 5.10 Å². The van der Waals surface area contributed by atoms with E-state index in [1.165, 1.54) is 0 Å². The summed E-state index contributed by atoms with van der Waals surface area (Å²) in [5.74, 6) is 0.459. The highest BCUT2D eigenvalue weighted by atomic mass is 16.5. The molecule has 2 heterocycles. The summed E-state index contributed by atoms with van der Waals surface area (Å²) in [5, 5.41) is 6.95. The molecule has 1 saturated heterocycles. The number of nitrogens with two attached hydrogens (primary N) is 1. The van der Waals surface area contributed by atoms with Crippen molar-refractivity contribution in [1.29, 1.82) is 0 Å². The Morgan fingerprint density at radius 2 is 2.62 bits per heavy atom. The van der Waals surface area contributed by atoms with Gasteiger partial charge in [-0.05, 0) is 6.42 Å². The van der Waals surface area contributed by atoms with E-state index in [0.717, 1.165) is 12.0 Å². The Hall–Kier alpha value is -1.40. The zero-order chi connectivity index (χ0) is 11.5. The molecule has 3 N–H and O–H groups in total. The van der Waals surface area contributed by atoms with Gasteiger partial charge < -0.3 is 15.8 Å². The minimum absolute atomic E-state index is 0.0362. The van der Waals surface area contributed by atoms with E-state index < -0.39 is 0 Å². The number of carbonyl (C=O) groups is 1. The molecule has 1 aromatic heterocycles. The largest absolute Gasteiger partial charge is 0.381 e. The van der Waals surface area contributed by atoms with Gasteiger partial charge in [-0.25, -0.2) is 0 Å². The van der Waals surface area contributed by atoms with Gasteiger partial charge >= 0.3 is 0 Å². The average Bonchev–Trinajstić information content (AvgIpc) is 2.87. The predicted molar refractivity (Wildman–Crippen MR) is 58.7 cm³/mol. The fourth-order valence-corrected chi connectivity index (χ4v) is 1.75. The normalized spacial score (nSPS) is 20.0. The van der Waals surface area contributed by atoms with Crippen molar-refractivity contribution in [2.75, 3.05) is 18.5 Å². The first-order valence-electron chi connectivity index (χ1n) is 5.32. The Kier molecular flexibility index (Phi) is 3.21. The number of nitrogens with one attached hydrogen (secondary N) is 1. The molecular weight excluding hydrogens is 208 g/mol. The van der Waals surface area contributed by atoms with Crippen molar-refractivity contribution in [3.05, 3.63) is 11.8 Å². The molecule has 16 heavy (non-hydrogen) atoms. The molecule has 1 unspecified atom stereocenters. The molecular formula is C10H16N4O2. The van der Waals surface area contributed by atoms with Crippen LogP contribution in [0.25, 0.3) is 0 Å². The van der Waals surface area contributed by atoms with Gasteiger partial charge in [-0.15, -0.1) is 0 Å². The summed E-state index contributed by atoms with van der Waals surface area (Å²) in [5.41, 5.74) is 6.41. The van der Waals surface area contributed by atoms with Crippen molar-refractivity contribution in [2.45, 2.75) is 13.0 Å². The van der Waals surface area contributed by atoms with E-state index in [1.54, 1.807) is 17.9 Å². The van der Waals surface area contributed by atoms with Crippen molar-refractivity contribution in [3.63, 3.8) is 0 Å². The third-order valence-electron chi connectivity index (χ3n) is 2.67. The summed E-state index contributed by atoms with van der Waals surface area (Å²) in [6.45, 7) is 1.52. The molecule has 1 aromatic rings. The highest BCUT2D eigenvalue weighted by Gasteiger charge is 2.24. The lowest BCUT2D eigenvalue weighted by Crippen LogP contribution is -2.23. The second-order valence-corrected chi connectivity index (χ2v) is 3.93. The van der Waals surface area contributed by atoms with Crippen LogP contribution in [0.15, 0.2) is 6.20 Å². The maximum atomic E-state index is 11.8. The van der Waals surface area contributed by atoms with Gasteiger partial charge in [0.25, 0.3) is 0 Å². The number of amides is 1. The van der Waals surface area contributed by atoms with Crippen LogP contribution in [-0.2, 0) is 23.1 Å². The molecule has 1 aliphatic heterocycles. The Balaban J connectivity index is 2.04. The fraction of sp³-hybridized carbons (Fsp3) is 0.600. The van der Waals surface area contributed by atoms with E-state index in [0.29, 0.717) is 25.6 Å². The lowest BCUT2D eigenvalue weighted by molar-refractivity contribution is -0.119. The third kappa shape index (κ3) is 2.23. The van der Waals surface area contributed by atoms with Crippen molar-refractivity contribution in [1.82, 2.24) is 9.78 Å². The summed E-state index contributed by atoms with van der Waals surface area (Å²) in [4.78, 5) is 11.8. The second-order valence-electron chi connectivity index (χ2n) is 3.93. The first-order chi connectivity index (χ1) is 7.70. The first kappa shape index (κ1) is 11.1. The van der Waals surface area contributed by atoms with E-state index in [-0.39, 0.29) is 11.8 Å².